The van der Waals surface area contributed by atoms with E-state index >= 15 is 0 Å². The van der Waals surface area contributed by atoms with Crippen molar-refractivity contribution in [2.75, 3.05) is 45.9 Å². The Morgan fingerprint density at radius 2 is 1.92 bits per heavy atom. The lowest BCUT2D eigenvalue weighted by atomic mass is 9.86. The summed E-state index contributed by atoms with van der Waals surface area (Å²) in [5.41, 5.74) is 1.27. The van der Waals surface area contributed by atoms with Crippen molar-refractivity contribution < 1.29 is 37.4 Å². The van der Waals surface area contributed by atoms with Gasteiger partial charge in [0, 0.05) is 31.7 Å². The Morgan fingerprint density at radius 1 is 1.19 bits per heavy atom. The summed E-state index contributed by atoms with van der Waals surface area (Å²) in [5.74, 6) is -1.96. The SMILES string of the molecule is C[C@@H]1CN2C[C@H]1CNC(=O)c1ccccc1C/C=C\COCC1(CCNC1)C2=O.O=C(O)C(F)(F)F. The number of benzene rings is 1. The third-order valence-electron chi connectivity index (χ3n) is 6.88. The van der Waals surface area contributed by atoms with Gasteiger partial charge >= 0.3 is 12.1 Å². The van der Waals surface area contributed by atoms with Crippen LogP contribution < -0.4 is 10.6 Å². The van der Waals surface area contributed by atoms with Crippen LogP contribution in [0.25, 0.3) is 0 Å². The van der Waals surface area contributed by atoms with Gasteiger partial charge in [-0.1, -0.05) is 37.3 Å². The molecule has 1 aromatic rings. The number of allylic oxidation sites excluding steroid dienone is 1. The molecule has 3 N–H and O–H groups in total. The number of nitrogens with zero attached hydrogens (tertiary/aromatic N) is 1. The zero-order chi connectivity index (χ0) is 26.3. The Morgan fingerprint density at radius 3 is 2.58 bits per heavy atom. The molecule has 3 aliphatic heterocycles. The van der Waals surface area contributed by atoms with Gasteiger partial charge in [0.25, 0.3) is 5.91 Å². The molecule has 2 amide bonds. The molecule has 11 heteroatoms. The molecule has 3 atom stereocenters. The first-order valence-electron chi connectivity index (χ1n) is 11.9. The van der Waals surface area contributed by atoms with Crippen LogP contribution in [0.1, 0.15) is 29.3 Å². The first kappa shape index (κ1) is 27.7. The standard InChI is InChI=1S/C23H31N3O3.C2HF3O2/c1-17-13-26-14-19(17)12-25-21(27)20-8-3-2-6-18(20)7-4-5-11-29-16-23(22(26)28)9-10-24-15-23;3-2(4,5)1(6)7/h2-6,8,17,19,24H,7,9-16H2,1H3,(H,25,27);(H,6,7)/b5-4-;/t17-,19-,23?;/m1./s1. The average molecular weight is 512 g/mol. The molecule has 2 fully saturated rings. The third kappa shape index (κ3) is 6.85. The molecule has 2 bridgehead atoms. The number of carbonyl (C=O) groups excluding carboxylic acids is 2. The van der Waals surface area contributed by atoms with Gasteiger partial charge in [-0.15, -0.1) is 0 Å². The molecule has 2 saturated heterocycles. The highest BCUT2D eigenvalue weighted by molar-refractivity contribution is 5.95. The van der Waals surface area contributed by atoms with Crippen LogP contribution in [0.4, 0.5) is 13.2 Å². The number of hydrogen-bond acceptors (Lipinski definition) is 5. The van der Waals surface area contributed by atoms with Crippen molar-refractivity contribution in [2.24, 2.45) is 17.3 Å². The number of carbonyl (C=O) groups is 3. The minimum absolute atomic E-state index is 0.0363. The Balaban J connectivity index is 0.000000454. The highest BCUT2D eigenvalue weighted by atomic mass is 19.4. The second kappa shape index (κ2) is 11.9. The van der Waals surface area contributed by atoms with E-state index in [-0.39, 0.29) is 17.7 Å². The van der Waals surface area contributed by atoms with E-state index in [2.05, 4.69) is 17.6 Å². The van der Waals surface area contributed by atoms with Crippen molar-refractivity contribution in [3.63, 3.8) is 0 Å². The molecule has 3 aliphatic rings. The molecule has 1 spiro atoms. The number of fused-ring (bicyclic) bond motifs is 3. The zero-order valence-corrected chi connectivity index (χ0v) is 20.1. The average Bonchev–Trinajstić information content (AvgIpc) is 3.46. The maximum absolute atomic E-state index is 13.4. The molecule has 0 aliphatic carbocycles. The number of rotatable bonds is 0. The van der Waals surface area contributed by atoms with E-state index < -0.39 is 17.6 Å². The first-order chi connectivity index (χ1) is 17.0. The Bertz CT molecular complexity index is 976. The number of nitrogens with one attached hydrogen (secondary N) is 2. The summed E-state index contributed by atoms with van der Waals surface area (Å²) in [6, 6.07) is 7.75. The molecule has 36 heavy (non-hydrogen) atoms. The van der Waals surface area contributed by atoms with E-state index in [1.165, 1.54) is 0 Å². The normalized spacial score (nSPS) is 28.2. The summed E-state index contributed by atoms with van der Waals surface area (Å²) in [4.78, 5) is 37.1. The monoisotopic (exact) mass is 511 g/mol. The van der Waals surface area contributed by atoms with Crippen LogP contribution in [-0.4, -0.2) is 79.9 Å². The molecule has 0 saturated carbocycles. The predicted molar refractivity (Wildman–Crippen MR) is 125 cm³/mol. The fourth-order valence-electron chi connectivity index (χ4n) is 4.75. The summed E-state index contributed by atoms with van der Waals surface area (Å²) in [6.45, 7) is 6.66. The van der Waals surface area contributed by atoms with E-state index in [4.69, 9.17) is 14.6 Å². The van der Waals surface area contributed by atoms with Gasteiger partial charge in [0.2, 0.25) is 5.91 Å². The molecule has 3 heterocycles. The maximum Gasteiger partial charge on any atom is 0.490 e. The van der Waals surface area contributed by atoms with Crippen LogP contribution in [0, 0.1) is 17.3 Å². The maximum atomic E-state index is 13.4. The van der Waals surface area contributed by atoms with E-state index in [1.807, 2.05) is 41.3 Å². The number of amides is 2. The fourth-order valence-corrected chi connectivity index (χ4v) is 4.75. The molecular weight excluding hydrogens is 479 g/mol. The van der Waals surface area contributed by atoms with Gasteiger partial charge in [0.15, 0.2) is 0 Å². The molecule has 8 nitrogen and oxygen atoms in total. The summed E-state index contributed by atoms with van der Waals surface area (Å²) in [6.07, 6.45) is 0.436. The van der Waals surface area contributed by atoms with Crippen LogP contribution in [-0.2, 0) is 20.7 Å². The number of carboxylic acids is 1. The lowest BCUT2D eigenvalue weighted by Gasteiger charge is -2.31. The molecule has 0 radical (unpaired) electrons. The minimum atomic E-state index is -5.08. The van der Waals surface area contributed by atoms with Gasteiger partial charge in [-0.05, 0) is 42.9 Å². The summed E-state index contributed by atoms with van der Waals surface area (Å²) in [7, 11) is 0. The van der Waals surface area contributed by atoms with E-state index in [9.17, 15) is 22.8 Å². The predicted octanol–water partition coefficient (Wildman–Crippen LogP) is 2.25. The van der Waals surface area contributed by atoms with E-state index in [0.717, 1.165) is 30.6 Å². The molecular formula is C25H32F3N3O5. The van der Waals surface area contributed by atoms with Crippen LogP contribution >= 0.6 is 0 Å². The number of aliphatic carboxylic acids is 1. The third-order valence-corrected chi connectivity index (χ3v) is 6.88. The Kier molecular flexibility index (Phi) is 9.13. The molecule has 0 aromatic heterocycles. The lowest BCUT2D eigenvalue weighted by molar-refractivity contribution is -0.192. The molecule has 198 valence electrons. The minimum Gasteiger partial charge on any atom is -0.475 e. The van der Waals surface area contributed by atoms with Gasteiger partial charge in [-0.3, -0.25) is 9.59 Å². The van der Waals surface area contributed by atoms with Gasteiger partial charge < -0.3 is 25.4 Å². The smallest absolute Gasteiger partial charge is 0.475 e. The van der Waals surface area contributed by atoms with Crippen LogP contribution in [0.3, 0.4) is 0 Å². The zero-order valence-electron chi connectivity index (χ0n) is 20.1. The highest BCUT2D eigenvalue weighted by Gasteiger charge is 2.46. The lowest BCUT2D eigenvalue weighted by Crippen LogP contribution is -2.47. The first-order valence-corrected chi connectivity index (χ1v) is 11.9. The van der Waals surface area contributed by atoms with Gasteiger partial charge in [-0.25, -0.2) is 4.79 Å². The second-order valence-electron chi connectivity index (χ2n) is 9.52. The van der Waals surface area contributed by atoms with Crippen molar-refractivity contribution in [1.82, 2.24) is 15.5 Å². The molecule has 1 aromatic carbocycles. The largest absolute Gasteiger partial charge is 0.490 e. The summed E-state index contributed by atoms with van der Waals surface area (Å²) < 4.78 is 37.7. The van der Waals surface area contributed by atoms with E-state index in [0.29, 0.717) is 45.2 Å². The summed E-state index contributed by atoms with van der Waals surface area (Å²) >= 11 is 0. The van der Waals surface area contributed by atoms with E-state index in [1.54, 1.807) is 0 Å². The topological polar surface area (TPSA) is 108 Å². The van der Waals surface area contributed by atoms with Crippen LogP contribution in [0.5, 0.6) is 0 Å². The van der Waals surface area contributed by atoms with Crippen molar-refractivity contribution >= 4 is 17.8 Å². The van der Waals surface area contributed by atoms with Crippen molar-refractivity contribution in [2.45, 2.75) is 25.9 Å². The highest BCUT2D eigenvalue weighted by Crippen LogP contribution is 2.33. The molecule has 4 rings (SSSR count). The van der Waals surface area contributed by atoms with Crippen molar-refractivity contribution in [1.29, 1.82) is 0 Å². The fraction of sp³-hybridized carbons (Fsp3) is 0.560. The number of ether oxygens (including phenoxy) is 1. The number of alkyl halides is 3. The molecule has 1 unspecified atom stereocenters. The number of carboxylic acid groups (broad SMARTS) is 1. The van der Waals surface area contributed by atoms with Gasteiger partial charge in [0.05, 0.1) is 18.6 Å². The van der Waals surface area contributed by atoms with Crippen molar-refractivity contribution in [3.05, 3.63) is 47.5 Å². The Hall–Kier alpha value is -2.92. The van der Waals surface area contributed by atoms with Gasteiger partial charge in [0.1, 0.15) is 0 Å². The van der Waals surface area contributed by atoms with Crippen molar-refractivity contribution in [3.8, 4) is 0 Å². The van der Waals surface area contributed by atoms with Gasteiger partial charge in [-0.2, -0.15) is 13.2 Å². The number of hydrogen-bond donors (Lipinski definition) is 3. The second-order valence-corrected chi connectivity index (χ2v) is 9.52. The van der Waals surface area contributed by atoms with Crippen LogP contribution in [0.2, 0.25) is 0 Å². The summed E-state index contributed by atoms with van der Waals surface area (Å²) in [5, 5.41) is 13.6. The number of halogens is 3. The Labute approximate surface area is 207 Å². The van der Waals surface area contributed by atoms with Crippen LogP contribution in [0.15, 0.2) is 36.4 Å². The quantitative estimate of drug-likeness (QED) is 0.462.